The first-order valence-corrected chi connectivity index (χ1v) is 15.6. The minimum absolute atomic E-state index is 0.0255. The summed E-state index contributed by atoms with van der Waals surface area (Å²) >= 11 is 0. The number of benzene rings is 3. The van der Waals surface area contributed by atoms with Gasteiger partial charge in [0.1, 0.15) is 4.90 Å². The van der Waals surface area contributed by atoms with Gasteiger partial charge in [-0.25, -0.2) is 21.8 Å². The molecule has 200 valence electrons. The standard InChI is InChI=1S/C28H27N5O4S2/c1-38(34,35)27-9-5-6-10-28(27)39(36,37)33-17-23-13-22(15-29)11-12-26(23)32(18-24-16-30-20-31-24)19-25(33)14-21-7-3-2-4-8-21/h2-13,16,20,25H,14,17-19H2,1H3,(H,30,31). The SMILES string of the molecule is CS(=O)(=O)c1ccccc1S(=O)(=O)N1Cc2cc(C#N)ccc2N(Cc2cnc[nH]2)CC1Cc1ccccc1. The second-order valence-electron chi connectivity index (χ2n) is 9.53. The Labute approximate surface area is 228 Å². The number of imidazole rings is 1. The number of fused-ring (bicyclic) bond motifs is 1. The van der Waals surface area contributed by atoms with Crippen LogP contribution in [0, 0.1) is 11.3 Å². The molecule has 1 aromatic heterocycles. The van der Waals surface area contributed by atoms with E-state index in [0.29, 0.717) is 30.6 Å². The zero-order valence-corrected chi connectivity index (χ0v) is 22.9. The summed E-state index contributed by atoms with van der Waals surface area (Å²) in [5.74, 6) is 0. The number of H-pyrrole nitrogens is 1. The maximum Gasteiger partial charge on any atom is 0.245 e. The number of hydrogen-bond acceptors (Lipinski definition) is 7. The van der Waals surface area contributed by atoms with Crippen molar-refractivity contribution in [2.24, 2.45) is 0 Å². The Morgan fingerprint density at radius 2 is 1.72 bits per heavy atom. The maximum atomic E-state index is 14.4. The third kappa shape index (κ3) is 5.59. The van der Waals surface area contributed by atoms with E-state index < -0.39 is 25.9 Å². The molecule has 4 aromatic rings. The summed E-state index contributed by atoms with van der Waals surface area (Å²) < 4.78 is 55.3. The summed E-state index contributed by atoms with van der Waals surface area (Å²) in [5, 5.41) is 9.58. The first-order valence-electron chi connectivity index (χ1n) is 12.3. The smallest absolute Gasteiger partial charge is 0.245 e. The second-order valence-corrected chi connectivity index (χ2v) is 13.4. The number of sulfone groups is 1. The van der Waals surface area contributed by atoms with Crippen LogP contribution in [0.2, 0.25) is 0 Å². The monoisotopic (exact) mass is 561 g/mol. The lowest BCUT2D eigenvalue weighted by Gasteiger charge is -2.32. The average Bonchev–Trinajstić information content (AvgIpc) is 3.38. The van der Waals surface area contributed by atoms with Crippen LogP contribution in [0.1, 0.15) is 22.4 Å². The van der Waals surface area contributed by atoms with Crippen LogP contribution in [0.15, 0.2) is 95.1 Å². The van der Waals surface area contributed by atoms with Crippen molar-refractivity contribution in [2.75, 3.05) is 17.7 Å². The Morgan fingerprint density at radius 3 is 2.38 bits per heavy atom. The van der Waals surface area contributed by atoms with Crippen molar-refractivity contribution in [3.8, 4) is 6.07 Å². The van der Waals surface area contributed by atoms with Crippen LogP contribution in [-0.2, 0) is 39.4 Å². The molecule has 0 spiro atoms. The third-order valence-corrected chi connectivity index (χ3v) is 10.0. The number of nitriles is 1. The van der Waals surface area contributed by atoms with Crippen molar-refractivity contribution >= 4 is 25.5 Å². The molecular formula is C28H27N5O4S2. The summed E-state index contributed by atoms with van der Waals surface area (Å²) in [7, 11) is -8.12. The molecule has 0 radical (unpaired) electrons. The van der Waals surface area contributed by atoms with E-state index in [9.17, 15) is 22.1 Å². The predicted molar refractivity (Wildman–Crippen MR) is 147 cm³/mol. The first-order chi connectivity index (χ1) is 18.7. The van der Waals surface area contributed by atoms with Crippen molar-refractivity contribution in [3.63, 3.8) is 0 Å². The van der Waals surface area contributed by atoms with Gasteiger partial charge in [-0.05, 0) is 47.9 Å². The molecule has 1 aliphatic rings. The fraction of sp³-hybridized carbons (Fsp3) is 0.214. The van der Waals surface area contributed by atoms with Gasteiger partial charge in [0.25, 0.3) is 0 Å². The van der Waals surface area contributed by atoms with Gasteiger partial charge in [0, 0.05) is 37.3 Å². The summed E-state index contributed by atoms with van der Waals surface area (Å²) in [5.41, 5.74) is 3.66. The molecule has 1 aliphatic heterocycles. The zero-order valence-electron chi connectivity index (χ0n) is 21.2. The number of hydrogen-bond donors (Lipinski definition) is 1. The second kappa shape index (κ2) is 10.6. The fourth-order valence-electron chi connectivity index (χ4n) is 4.99. The van der Waals surface area contributed by atoms with Gasteiger partial charge >= 0.3 is 0 Å². The number of rotatable bonds is 7. The minimum Gasteiger partial charge on any atom is -0.364 e. The molecule has 1 atom stereocenters. The van der Waals surface area contributed by atoms with E-state index in [0.717, 1.165) is 23.2 Å². The van der Waals surface area contributed by atoms with Gasteiger partial charge in [0.05, 0.1) is 35.1 Å². The lowest BCUT2D eigenvalue weighted by molar-refractivity contribution is 0.317. The van der Waals surface area contributed by atoms with Crippen LogP contribution in [0.4, 0.5) is 5.69 Å². The molecule has 5 rings (SSSR count). The third-order valence-electron chi connectivity index (χ3n) is 6.78. The molecule has 0 aliphatic carbocycles. The van der Waals surface area contributed by atoms with Crippen LogP contribution < -0.4 is 4.90 Å². The van der Waals surface area contributed by atoms with Gasteiger partial charge in [0.15, 0.2) is 9.84 Å². The molecule has 11 heteroatoms. The number of sulfonamides is 1. The highest BCUT2D eigenvalue weighted by Gasteiger charge is 2.38. The van der Waals surface area contributed by atoms with Crippen LogP contribution in [0.5, 0.6) is 0 Å². The van der Waals surface area contributed by atoms with Gasteiger partial charge in [-0.2, -0.15) is 9.57 Å². The number of anilines is 1. The zero-order chi connectivity index (χ0) is 27.6. The van der Waals surface area contributed by atoms with E-state index in [-0.39, 0.29) is 16.3 Å². The Balaban J connectivity index is 1.68. The van der Waals surface area contributed by atoms with Crippen LogP contribution in [0.3, 0.4) is 0 Å². The molecule has 0 amide bonds. The van der Waals surface area contributed by atoms with Crippen LogP contribution >= 0.6 is 0 Å². The number of aromatic amines is 1. The van der Waals surface area contributed by atoms with Crippen molar-refractivity contribution in [2.45, 2.75) is 35.3 Å². The largest absolute Gasteiger partial charge is 0.364 e. The fourth-order valence-corrected chi connectivity index (χ4v) is 8.18. The van der Waals surface area contributed by atoms with Crippen molar-refractivity contribution < 1.29 is 16.8 Å². The van der Waals surface area contributed by atoms with Gasteiger partial charge in [-0.3, -0.25) is 0 Å². The quantitative estimate of drug-likeness (QED) is 0.366. The Bertz CT molecular complexity index is 1730. The molecule has 2 heterocycles. The van der Waals surface area contributed by atoms with E-state index in [2.05, 4.69) is 20.9 Å². The van der Waals surface area contributed by atoms with E-state index in [1.54, 1.807) is 24.7 Å². The van der Waals surface area contributed by atoms with E-state index >= 15 is 0 Å². The topological polar surface area (TPSA) is 127 Å². The molecule has 0 bridgehead atoms. The number of nitrogens with zero attached hydrogens (tertiary/aromatic N) is 4. The molecule has 0 fully saturated rings. The van der Waals surface area contributed by atoms with Crippen molar-refractivity contribution in [1.82, 2.24) is 14.3 Å². The Hall–Kier alpha value is -3.98. The highest BCUT2D eigenvalue weighted by molar-refractivity contribution is 7.93. The molecule has 1 N–H and O–H groups in total. The van der Waals surface area contributed by atoms with Crippen molar-refractivity contribution in [1.29, 1.82) is 5.26 Å². The number of nitrogens with one attached hydrogen (secondary N) is 1. The lowest BCUT2D eigenvalue weighted by Crippen LogP contribution is -2.46. The summed E-state index contributed by atoms with van der Waals surface area (Å²) in [6.45, 7) is 0.743. The number of aromatic nitrogens is 2. The lowest BCUT2D eigenvalue weighted by atomic mass is 10.1. The first kappa shape index (κ1) is 26.6. The molecule has 0 saturated heterocycles. The van der Waals surface area contributed by atoms with Crippen molar-refractivity contribution in [3.05, 3.63) is 108 Å². The van der Waals surface area contributed by atoms with E-state index in [4.69, 9.17) is 0 Å². The summed E-state index contributed by atoms with van der Waals surface area (Å²) in [6, 6.07) is 22.1. The molecule has 1 unspecified atom stereocenters. The molecule has 0 saturated carbocycles. The van der Waals surface area contributed by atoms with E-state index in [1.807, 2.05) is 36.4 Å². The minimum atomic E-state index is -4.29. The van der Waals surface area contributed by atoms with Gasteiger partial charge in [-0.15, -0.1) is 0 Å². The van der Waals surface area contributed by atoms with Gasteiger partial charge in [-0.1, -0.05) is 42.5 Å². The molecule has 39 heavy (non-hydrogen) atoms. The van der Waals surface area contributed by atoms with Gasteiger partial charge in [0.2, 0.25) is 10.0 Å². The molecular weight excluding hydrogens is 534 g/mol. The predicted octanol–water partition coefficient (Wildman–Crippen LogP) is 3.51. The summed E-state index contributed by atoms with van der Waals surface area (Å²) in [4.78, 5) is 8.81. The maximum absolute atomic E-state index is 14.4. The average molecular weight is 562 g/mol. The highest BCUT2D eigenvalue weighted by atomic mass is 32.2. The normalized spacial score (nSPS) is 16.3. The Morgan fingerprint density at radius 1 is 1.00 bits per heavy atom. The summed E-state index contributed by atoms with van der Waals surface area (Å²) in [6.07, 6.45) is 4.72. The van der Waals surface area contributed by atoms with Crippen LogP contribution in [-0.4, -0.2) is 50.0 Å². The molecule has 9 nitrogen and oxygen atoms in total. The van der Waals surface area contributed by atoms with E-state index in [1.165, 1.54) is 28.6 Å². The van der Waals surface area contributed by atoms with Crippen LogP contribution in [0.25, 0.3) is 0 Å². The molecule has 3 aromatic carbocycles. The highest BCUT2D eigenvalue weighted by Crippen LogP contribution is 2.35. The Kier molecular flexibility index (Phi) is 7.27. The van der Waals surface area contributed by atoms with Gasteiger partial charge < -0.3 is 9.88 Å².